The maximum Gasteiger partial charge on any atom is 0.249 e. The van der Waals surface area contributed by atoms with Gasteiger partial charge in [0.2, 0.25) is 11.8 Å². The summed E-state index contributed by atoms with van der Waals surface area (Å²) in [5, 5.41) is 2.99. The Balaban J connectivity index is 2.14. The molecule has 1 unspecified atom stereocenters. The first kappa shape index (κ1) is 14.3. The highest BCUT2D eigenvalue weighted by atomic mass is 16.5. The van der Waals surface area contributed by atoms with Crippen molar-refractivity contribution in [3.63, 3.8) is 0 Å². The summed E-state index contributed by atoms with van der Waals surface area (Å²) in [5.74, 6) is 0.0941. The Morgan fingerprint density at radius 3 is 2.58 bits per heavy atom. The van der Waals surface area contributed by atoms with E-state index in [1.165, 1.54) is 0 Å². The molecule has 1 atom stereocenters. The van der Waals surface area contributed by atoms with E-state index in [-0.39, 0.29) is 17.9 Å². The summed E-state index contributed by atoms with van der Waals surface area (Å²) < 4.78 is 5.34. The fourth-order valence-corrected chi connectivity index (χ4v) is 3.22. The third kappa shape index (κ3) is 2.61. The number of rotatable bonds is 5. The van der Waals surface area contributed by atoms with Crippen LogP contribution in [-0.4, -0.2) is 48.1 Å². The molecule has 1 aliphatic heterocycles. The molecule has 2 amide bonds. The molecule has 0 radical (unpaired) electrons. The van der Waals surface area contributed by atoms with Crippen molar-refractivity contribution in [1.29, 1.82) is 0 Å². The lowest BCUT2D eigenvalue weighted by molar-refractivity contribution is -0.155. The average Bonchev–Trinajstić information content (AvgIpc) is 2.85. The van der Waals surface area contributed by atoms with Crippen LogP contribution in [0.25, 0.3) is 0 Å². The maximum absolute atomic E-state index is 12.7. The molecule has 0 aromatic heterocycles. The lowest BCUT2D eigenvalue weighted by Gasteiger charge is -2.44. The minimum Gasteiger partial charge on any atom is -0.380 e. The number of piperazine rings is 1. The van der Waals surface area contributed by atoms with Gasteiger partial charge in [-0.3, -0.25) is 9.59 Å². The van der Waals surface area contributed by atoms with Crippen LogP contribution < -0.4 is 5.32 Å². The largest absolute Gasteiger partial charge is 0.380 e. The van der Waals surface area contributed by atoms with Gasteiger partial charge in [0.05, 0.1) is 6.61 Å². The average molecular weight is 268 g/mol. The van der Waals surface area contributed by atoms with E-state index in [0.717, 1.165) is 25.7 Å². The van der Waals surface area contributed by atoms with Crippen LogP contribution in [0.15, 0.2) is 0 Å². The van der Waals surface area contributed by atoms with Crippen LogP contribution in [0, 0.1) is 0 Å². The van der Waals surface area contributed by atoms with Gasteiger partial charge in [0.1, 0.15) is 11.6 Å². The van der Waals surface area contributed by atoms with Crippen molar-refractivity contribution in [2.45, 2.75) is 57.5 Å². The summed E-state index contributed by atoms with van der Waals surface area (Å²) >= 11 is 0. The number of carbonyl (C=O) groups is 2. The van der Waals surface area contributed by atoms with Crippen LogP contribution in [-0.2, 0) is 14.3 Å². The number of hydrogen-bond acceptors (Lipinski definition) is 3. The second-order valence-corrected chi connectivity index (χ2v) is 5.40. The van der Waals surface area contributed by atoms with Gasteiger partial charge in [0.15, 0.2) is 0 Å². The number of nitrogens with zero attached hydrogens (tertiary/aromatic N) is 1. The Morgan fingerprint density at radius 1 is 1.32 bits per heavy atom. The second kappa shape index (κ2) is 5.90. The van der Waals surface area contributed by atoms with Crippen LogP contribution in [0.4, 0.5) is 0 Å². The topological polar surface area (TPSA) is 58.6 Å². The zero-order chi connectivity index (χ0) is 13.9. The first-order valence-corrected chi connectivity index (χ1v) is 7.35. The normalized spacial score (nSPS) is 26.0. The molecule has 0 aromatic carbocycles. The zero-order valence-electron chi connectivity index (χ0n) is 11.9. The van der Waals surface area contributed by atoms with Gasteiger partial charge in [-0.25, -0.2) is 0 Å². The highest BCUT2D eigenvalue weighted by molar-refractivity contribution is 6.00. The van der Waals surface area contributed by atoms with Crippen molar-refractivity contribution in [3.8, 4) is 0 Å². The Labute approximate surface area is 114 Å². The van der Waals surface area contributed by atoms with Gasteiger partial charge in [0, 0.05) is 13.2 Å². The van der Waals surface area contributed by atoms with E-state index >= 15 is 0 Å². The number of hydrogen-bond donors (Lipinski definition) is 1. The molecule has 1 saturated carbocycles. The van der Waals surface area contributed by atoms with Crippen LogP contribution in [0.5, 0.6) is 0 Å². The molecule has 5 nitrogen and oxygen atoms in total. The predicted molar refractivity (Wildman–Crippen MR) is 71.6 cm³/mol. The van der Waals surface area contributed by atoms with E-state index in [1.807, 2.05) is 13.8 Å². The number of carbonyl (C=O) groups excluding carboxylic acids is 2. The molecular weight excluding hydrogens is 244 g/mol. The highest BCUT2D eigenvalue weighted by Crippen LogP contribution is 2.34. The minimum absolute atomic E-state index is 0.000462. The first-order chi connectivity index (χ1) is 9.14. The molecule has 1 spiro atoms. The molecule has 1 N–H and O–H groups in total. The summed E-state index contributed by atoms with van der Waals surface area (Å²) in [6, 6.07) is -0.334. The van der Waals surface area contributed by atoms with Crippen molar-refractivity contribution in [3.05, 3.63) is 0 Å². The third-order valence-corrected chi connectivity index (χ3v) is 4.24. The summed E-state index contributed by atoms with van der Waals surface area (Å²) in [5.41, 5.74) is -0.616. The molecule has 1 aliphatic carbocycles. The van der Waals surface area contributed by atoms with Gasteiger partial charge >= 0.3 is 0 Å². The van der Waals surface area contributed by atoms with E-state index < -0.39 is 5.54 Å². The van der Waals surface area contributed by atoms with Crippen LogP contribution in [0.3, 0.4) is 0 Å². The summed E-state index contributed by atoms with van der Waals surface area (Å²) in [6.45, 7) is 5.52. The van der Waals surface area contributed by atoms with Crippen molar-refractivity contribution < 1.29 is 14.3 Å². The summed E-state index contributed by atoms with van der Waals surface area (Å²) in [7, 11) is 0. The Kier molecular flexibility index (Phi) is 4.45. The van der Waals surface area contributed by atoms with Gasteiger partial charge in [-0.05, 0) is 26.2 Å². The Hall–Kier alpha value is -1.10. The molecule has 1 heterocycles. The smallest absolute Gasteiger partial charge is 0.249 e. The van der Waals surface area contributed by atoms with E-state index in [0.29, 0.717) is 26.2 Å². The standard InChI is InChI=1S/C14H24N2O3/c1-3-11-12(17)15-14(7-5-6-8-14)13(18)16(11)9-10-19-4-2/h11H,3-10H2,1-2H3,(H,15,17). The number of nitrogens with one attached hydrogen (secondary N) is 1. The monoisotopic (exact) mass is 268 g/mol. The molecule has 5 heteroatoms. The van der Waals surface area contributed by atoms with E-state index in [1.54, 1.807) is 4.90 Å². The number of amides is 2. The van der Waals surface area contributed by atoms with Gasteiger partial charge in [0.25, 0.3) is 0 Å². The van der Waals surface area contributed by atoms with Crippen LogP contribution in [0.2, 0.25) is 0 Å². The fourth-order valence-electron chi connectivity index (χ4n) is 3.22. The molecule has 0 aromatic rings. The van der Waals surface area contributed by atoms with Gasteiger partial charge in [-0.2, -0.15) is 0 Å². The summed E-state index contributed by atoms with van der Waals surface area (Å²) in [4.78, 5) is 26.7. The molecule has 19 heavy (non-hydrogen) atoms. The Morgan fingerprint density at radius 2 is 2.00 bits per heavy atom. The Bertz CT molecular complexity index is 351. The van der Waals surface area contributed by atoms with Gasteiger partial charge < -0.3 is 15.0 Å². The zero-order valence-corrected chi connectivity index (χ0v) is 11.9. The molecule has 2 fully saturated rings. The minimum atomic E-state index is -0.616. The lowest BCUT2D eigenvalue weighted by atomic mass is 9.90. The van der Waals surface area contributed by atoms with Gasteiger partial charge in [-0.15, -0.1) is 0 Å². The number of ether oxygens (including phenoxy) is 1. The molecular formula is C14H24N2O3. The van der Waals surface area contributed by atoms with Crippen molar-refractivity contribution in [2.75, 3.05) is 19.8 Å². The molecule has 2 aliphatic rings. The SMILES string of the molecule is CCOCCN1C(=O)C2(CCCC2)NC(=O)C1CC. The summed E-state index contributed by atoms with van der Waals surface area (Å²) in [6.07, 6.45) is 4.24. The van der Waals surface area contributed by atoms with Crippen LogP contribution >= 0.6 is 0 Å². The second-order valence-electron chi connectivity index (χ2n) is 5.40. The fraction of sp³-hybridized carbons (Fsp3) is 0.857. The lowest BCUT2D eigenvalue weighted by Crippen LogP contribution is -2.69. The first-order valence-electron chi connectivity index (χ1n) is 7.35. The van der Waals surface area contributed by atoms with Crippen molar-refractivity contribution in [1.82, 2.24) is 10.2 Å². The van der Waals surface area contributed by atoms with Crippen LogP contribution in [0.1, 0.15) is 46.0 Å². The maximum atomic E-state index is 12.7. The van der Waals surface area contributed by atoms with Crippen molar-refractivity contribution in [2.24, 2.45) is 0 Å². The third-order valence-electron chi connectivity index (χ3n) is 4.24. The van der Waals surface area contributed by atoms with E-state index in [9.17, 15) is 9.59 Å². The molecule has 2 rings (SSSR count). The van der Waals surface area contributed by atoms with E-state index in [2.05, 4.69) is 5.32 Å². The molecule has 1 saturated heterocycles. The molecule has 108 valence electrons. The van der Waals surface area contributed by atoms with Crippen molar-refractivity contribution >= 4 is 11.8 Å². The van der Waals surface area contributed by atoms with Gasteiger partial charge in [-0.1, -0.05) is 19.8 Å². The van der Waals surface area contributed by atoms with E-state index in [4.69, 9.17) is 4.74 Å². The quantitative estimate of drug-likeness (QED) is 0.759. The predicted octanol–water partition coefficient (Wildman–Crippen LogP) is 1.07. The highest BCUT2D eigenvalue weighted by Gasteiger charge is 2.51. The molecule has 0 bridgehead atoms.